The molecule has 0 radical (unpaired) electrons. The first-order valence-corrected chi connectivity index (χ1v) is 18.3. The smallest absolute Gasteiger partial charge is 0.341 e. The van der Waals surface area contributed by atoms with Crippen LogP contribution >= 0.6 is 22.6 Å². The van der Waals surface area contributed by atoms with Crippen molar-refractivity contribution in [2.24, 2.45) is 0 Å². The van der Waals surface area contributed by atoms with E-state index in [1.54, 1.807) is 28.7 Å². The van der Waals surface area contributed by atoms with Crippen LogP contribution in [0.4, 0.5) is 8.78 Å². The fourth-order valence-electron chi connectivity index (χ4n) is 6.23. The van der Waals surface area contributed by atoms with Crippen molar-refractivity contribution >= 4 is 45.5 Å². The fourth-order valence-corrected chi connectivity index (χ4v) is 6.82. The van der Waals surface area contributed by atoms with Gasteiger partial charge in [0.05, 0.1) is 17.8 Å². The van der Waals surface area contributed by atoms with Crippen molar-refractivity contribution < 1.29 is 37.4 Å². The Morgan fingerprint density at radius 3 is 1.79 bits per heavy atom. The molecule has 0 unspecified atom stereocenters. The molecule has 53 heavy (non-hydrogen) atoms. The van der Waals surface area contributed by atoms with Gasteiger partial charge in [-0.1, -0.05) is 42.3 Å². The Labute approximate surface area is 321 Å². The summed E-state index contributed by atoms with van der Waals surface area (Å²) in [5.74, 6) is 0.535. The highest BCUT2D eigenvalue weighted by Gasteiger charge is 2.19. The van der Waals surface area contributed by atoms with Crippen molar-refractivity contribution in [3.8, 4) is 29.4 Å². The van der Waals surface area contributed by atoms with Crippen LogP contribution in [0.25, 0.3) is 22.3 Å². The Morgan fingerprint density at radius 1 is 0.774 bits per heavy atom. The minimum absolute atomic E-state index is 0.0967. The van der Waals surface area contributed by atoms with Gasteiger partial charge in [-0.15, -0.1) is 6.42 Å². The molecular formula is C42H41F2IN2O6. The predicted octanol–water partition coefficient (Wildman–Crippen LogP) is 8.81. The molecule has 3 heterocycles. The number of phenols is 1. The lowest BCUT2D eigenvalue weighted by Crippen LogP contribution is -2.18. The zero-order valence-electron chi connectivity index (χ0n) is 29.7. The fraction of sp³-hybridized carbons (Fsp3) is 0.286. The molecule has 1 N–H and O–H groups in total. The molecule has 4 aromatic carbocycles. The Bertz CT molecular complexity index is 2060. The summed E-state index contributed by atoms with van der Waals surface area (Å²) in [7, 11) is 2.43. The molecule has 2 aliphatic rings. The van der Waals surface area contributed by atoms with Crippen molar-refractivity contribution in [1.29, 1.82) is 0 Å². The van der Waals surface area contributed by atoms with Gasteiger partial charge in [0, 0.05) is 29.6 Å². The van der Waals surface area contributed by atoms with Crippen LogP contribution in [0.3, 0.4) is 0 Å². The second-order valence-electron chi connectivity index (χ2n) is 12.8. The van der Waals surface area contributed by atoms with Gasteiger partial charge in [0.1, 0.15) is 39.9 Å². The minimum atomic E-state index is -0.755. The Hall–Kier alpha value is -4.77. The number of benzene rings is 4. The van der Waals surface area contributed by atoms with E-state index in [1.807, 2.05) is 24.3 Å². The van der Waals surface area contributed by atoms with Crippen LogP contribution in [0.1, 0.15) is 63.1 Å². The summed E-state index contributed by atoms with van der Waals surface area (Å²) in [4.78, 5) is 27.8. The van der Waals surface area contributed by atoms with Crippen molar-refractivity contribution in [1.82, 2.24) is 9.80 Å². The van der Waals surface area contributed by atoms with E-state index in [-0.39, 0.29) is 20.4 Å². The lowest BCUT2D eigenvalue weighted by molar-refractivity contribution is 0.0589. The number of fused-ring (bicyclic) bond motifs is 1. The van der Waals surface area contributed by atoms with Gasteiger partial charge in [-0.05, 0) is 128 Å². The summed E-state index contributed by atoms with van der Waals surface area (Å²) < 4.78 is 41.8. The molecule has 11 heteroatoms. The summed E-state index contributed by atoms with van der Waals surface area (Å²) >= 11 is 1.73. The number of esters is 2. The van der Waals surface area contributed by atoms with E-state index in [2.05, 4.69) is 44.7 Å². The van der Waals surface area contributed by atoms with Crippen molar-refractivity contribution in [3.05, 3.63) is 122 Å². The first-order valence-electron chi connectivity index (χ1n) is 17.3. The molecule has 0 amide bonds. The zero-order chi connectivity index (χ0) is 37.9. The van der Waals surface area contributed by atoms with Crippen LogP contribution in [0.15, 0.2) is 83.3 Å². The number of likely N-dealkylation sites (tertiary alicyclic amines) is 2. The van der Waals surface area contributed by atoms with E-state index >= 15 is 0 Å². The molecule has 7 rings (SSSR count). The standard InChI is InChI=1S/C21H20FNO3.C13H15N.C8H6FIO3/c1-25-21(24)18-12-17(22)10-16-11-19(26-20(16)18)15-6-4-14(5-7-15)13-23-8-2-3-9-23;1-2-12-5-7-13(8-6-12)11-14-9-3-4-10-14;1-13-8(12)5-2-4(9)3-6(10)7(5)11/h4-7,10-12H,2-3,8-9,13H2,1H3;1,5-8H,3-4,9-11H2;2-3,11H,1H3. The Kier molecular flexibility index (Phi) is 14.0. The largest absolute Gasteiger partial charge is 0.506 e. The summed E-state index contributed by atoms with van der Waals surface area (Å²) in [5.41, 5.74) is 4.76. The van der Waals surface area contributed by atoms with E-state index in [0.29, 0.717) is 16.7 Å². The lowest BCUT2D eigenvalue weighted by atomic mass is 10.1. The summed E-state index contributed by atoms with van der Waals surface area (Å²) in [5, 5.41) is 9.89. The number of hydrogen-bond donors (Lipinski definition) is 1. The molecule has 0 aliphatic carbocycles. The molecule has 2 saturated heterocycles. The Morgan fingerprint density at radius 2 is 1.26 bits per heavy atom. The molecule has 5 aromatic rings. The van der Waals surface area contributed by atoms with Crippen LogP contribution in [0.2, 0.25) is 0 Å². The van der Waals surface area contributed by atoms with Crippen LogP contribution in [-0.4, -0.2) is 67.2 Å². The molecule has 276 valence electrons. The Balaban J connectivity index is 0.000000169. The molecule has 2 aliphatic heterocycles. The number of halogens is 3. The summed E-state index contributed by atoms with van der Waals surface area (Å²) in [6.45, 7) is 6.84. The number of phenolic OH excluding ortho intramolecular Hbond substituents is 1. The first-order chi connectivity index (χ1) is 25.6. The van der Waals surface area contributed by atoms with Gasteiger partial charge >= 0.3 is 11.9 Å². The number of aromatic hydroxyl groups is 1. The molecule has 0 atom stereocenters. The first kappa shape index (κ1) is 39.4. The average molecular weight is 835 g/mol. The van der Waals surface area contributed by atoms with E-state index in [1.165, 1.54) is 70.2 Å². The third-order valence-corrected chi connectivity index (χ3v) is 9.81. The zero-order valence-corrected chi connectivity index (χ0v) is 31.8. The van der Waals surface area contributed by atoms with Gasteiger partial charge in [-0.3, -0.25) is 9.80 Å². The molecule has 8 nitrogen and oxygen atoms in total. The minimum Gasteiger partial charge on any atom is -0.506 e. The number of carbonyl (C=O) groups is 2. The van der Waals surface area contributed by atoms with Gasteiger partial charge in [0.15, 0.2) is 0 Å². The van der Waals surface area contributed by atoms with Gasteiger partial charge in [-0.2, -0.15) is 0 Å². The molecule has 0 spiro atoms. The van der Waals surface area contributed by atoms with Crippen LogP contribution < -0.4 is 0 Å². The maximum atomic E-state index is 13.8. The second kappa shape index (κ2) is 18.8. The van der Waals surface area contributed by atoms with Crippen molar-refractivity contribution in [3.63, 3.8) is 0 Å². The normalized spacial score (nSPS) is 14.1. The number of nitrogens with zero attached hydrogens (tertiary/aromatic N) is 2. The third-order valence-electron chi connectivity index (χ3n) is 8.99. The summed E-state index contributed by atoms with van der Waals surface area (Å²) in [6.07, 6.45) is 10.6. The number of terminal acetylenes is 1. The SMILES string of the molecule is C#Cc1ccc(CN2CCCC2)cc1.COC(=O)c1cc(F)cc(I)c1O.COC(=O)c1cc(F)cc2cc(-c3ccc(CN4CCCC4)cc3)oc12. The highest BCUT2D eigenvalue weighted by atomic mass is 127. The molecule has 0 bridgehead atoms. The average Bonchev–Trinajstić information content (AvgIpc) is 3.97. The van der Waals surface area contributed by atoms with Gasteiger partial charge in [-0.25, -0.2) is 18.4 Å². The molecule has 1 aromatic heterocycles. The van der Waals surface area contributed by atoms with E-state index < -0.39 is 23.6 Å². The number of carbonyl (C=O) groups excluding carboxylic acids is 2. The number of furan rings is 1. The second-order valence-corrected chi connectivity index (χ2v) is 13.9. The van der Waals surface area contributed by atoms with Gasteiger partial charge in [0.2, 0.25) is 0 Å². The molecule has 0 saturated carbocycles. The van der Waals surface area contributed by atoms with E-state index in [0.717, 1.165) is 55.5 Å². The molecular weight excluding hydrogens is 793 g/mol. The van der Waals surface area contributed by atoms with Gasteiger partial charge in [0.25, 0.3) is 0 Å². The van der Waals surface area contributed by atoms with Crippen LogP contribution in [0.5, 0.6) is 5.75 Å². The number of hydrogen-bond acceptors (Lipinski definition) is 8. The third kappa shape index (κ3) is 10.7. The van der Waals surface area contributed by atoms with E-state index in [4.69, 9.17) is 15.6 Å². The molecule has 2 fully saturated rings. The monoisotopic (exact) mass is 834 g/mol. The van der Waals surface area contributed by atoms with Crippen LogP contribution in [0, 0.1) is 27.5 Å². The van der Waals surface area contributed by atoms with Crippen LogP contribution in [-0.2, 0) is 22.6 Å². The van der Waals surface area contributed by atoms with Gasteiger partial charge < -0.3 is 19.0 Å². The van der Waals surface area contributed by atoms with E-state index in [9.17, 15) is 23.5 Å². The highest BCUT2D eigenvalue weighted by molar-refractivity contribution is 14.1. The maximum absolute atomic E-state index is 13.8. The number of ether oxygens (including phenoxy) is 2. The topological polar surface area (TPSA) is 92.4 Å². The van der Waals surface area contributed by atoms with Crippen molar-refractivity contribution in [2.45, 2.75) is 38.8 Å². The highest BCUT2D eigenvalue weighted by Crippen LogP contribution is 2.32. The number of methoxy groups -OCH3 is 2. The quantitative estimate of drug-likeness (QED) is 0.0989. The summed E-state index contributed by atoms with van der Waals surface area (Å²) in [6, 6.07) is 22.8. The lowest BCUT2D eigenvalue weighted by Gasteiger charge is -2.14. The van der Waals surface area contributed by atoms with Crippen molar-refractivity contribution in [2.75, 3.05) is 40.4 Å². The number of rotatable bonds is 7. The predicted molar refractivity (Wildman–Crippen MR) is 208 cm³/mol. The maximum Gasteiger partial charge on any atom is 0.341 e.